The number of halogens is 1. The fourth-order valence-corrected chi connectivity index (χ4v) is 3.71. The maximum Gasteiger partial charge on any atom is 0.410 e. The Labute approximate surface area is 174 Å². The zero-order valence-electron chi connectivity index (χ0n) is 16.9. The van der Waals surface area contributed by atoms with E-state index in [4.69, 9.17) is 4.74 Å². The molecule has 0 saturated carbocycles. The van der Waals surface area contributed by atoms with Gasteiger partial charge in [-0.1, -0.05) is 24.3 Å². The van der Waals surface area contributed by atoms with Gasteiger partial charge in [0.15, 0.2) is 0 Å². The maximum atomic E-state index is 13.1. The summed E-state index contributed by atoms with van der Waals surface area (Å²) in [5.41, 5.74) is 1.32. The standard InChI is InChI=1S/C20H24FN3O5S/c1-20(2,3)29-19(26)24-12-14-7-5-4-6-13(14)8-15(24)10-23-18(25)17-9-16(11-22-17)30(21,27)28/h4-7,9,11,15,22H,8,10,12H2,1-3H3,(H,23,25). The molecule has 1 aromatic heterocycles. The first-order chi connectivity index (χ1) is 13.9. The van der Waals surface area contributed by atoms with Crippen LogP contribution in [-0.4, -0.2) is 48.5 Å². The molecule has 162 valence electrons. The maximum absolute atomic E-state index is 13.1. The third-order valence-electron chi connectivity index (χ3n) is 4.66. The SMILES string of the molecule is CC(C)(C)OC(=O)N1Cc2ccccc2CC1CNC(=O)c1cc(S(=O)(=O)F)c[nH]1. The molecule has 1 aliphatic heterocycles. The van der Waals surface area contributed by atoms with Crippen molar-refractivity contribution in [2.45, 2.75) is 50.3 Å². The molecule has 10 heteroatoms. The largest absolute Gasteiger partial charge is 0.444 e. The first kappa shape index (κ1) is 21.8. The van der Waals surface area contributed by atoms with E-state index in [2.05, 4.69) is 10.3 Å². The Bertz CT molecular complexity index is 1060. The number of hydrogen-bond donors (Lipinski definition) is 2. The monoisotopic (exact) mass is 437 g/mol. The lowest BCUT2D eigenvalue weighted by Gasteiger charge is -2.37. The summed E-state index contributed by atoms with van der Waals surface area (Å²) in [6.07, 6.45) is 0.945. The summed E-state index contributed by atoms with van der Waals surface area (Å²) in [7, 11) is -4.90. The normalized spacial score (nSPS) is 16.7. The van der Waals surface area contributed by atoms with Gasteiger partial charge in [-0.25, -0.2) is 4.79 Å². The summed E-state index contributed by atoms with van der Waals surface area (Å²) in [6.45, 7) is 5.80. The van der Waals surface area contributed by atoms with Gasteiger partial charge >= 0.3 is 16.3 Å². The molecule has 0 radical (unpaired) electrons. The van der Waals surface area contributed by atoms with Gasteiger partial charge in [0.2, 0.25) is 0 Å². The average Bonchev–Trinajstić information content (AvgIpc) is 3.14. The number of nitrogens with zero attached hydrogens (tertiary/aromatic N) is 1. The van der Waals surface area contributed by atoms with E-state index in [0.29, 0.717) is 13.0 Å². The number of benzene rings is 1. The minimum atomic E-state index is -4.90. The zero-order chi connectivity index (χ0) is 22.1. The second kappa shape index (κ2) is 8.10. The Morgan fingerprint density at radius 1 is 1.27 bits per heavy atom. The second-order valence-corrected chi connectivity index (χ2v) is 9.48. The van der Waals surface area contributed by atoms with Crippen LogP contribution >= 0.6 is 0 Å². The lowest BCUT2D eigenvalue weighted by Crippen LogP contribution is -2.51. The number of carbonyl (C=O) groups excluding carboxylic acids is 2. The first-order valence-corrected chi connectivity index (χ1v) is 10.8. The number of amides is 2. The van der Waals surface area contributed by atoms with Crippen LogP contribution < -0.4 is 5.32 Å². The summed E-state index contributed by atoms with van der Waals surface area (Å²) in [5.74, 6) is -0.604. The van der Waals surface area contributed by atoms with Gasteiger partial charge in [-0.15, -0.1) is 3.89 Å². The highest BCUT2D eigenvalue weighted by atomic mass is 32.3. The Morgan fingerprint density at radius 2 is 1.93 bits per heavy atom. The van der Waals surface area contributed by atoms with Crippen LogP contribution in [0.2, 0.25) is 0 Å². The molecule has 2 heterocycles. The van der Waals surface area contributed by atoms with E-state index in [0.717, 1.165) is 23.4 Å². The summed E-state index contributed by atoms with van der Waals surface area (Å²) in [6, 6.07) is 8.29. The van der Waals surface area contributed by atoms with E-state index < -0.39 is 32.7 Å². The number of fused-ring (bicyclic) bond motifs is 1. The molecular formula is C20H24FN3O5S. The van der Waals surface area contributed by atoms with Crippen LogP contribution in [0.4, 0.5) is 8.68 Å². The number of nitrogens with one attached hydrogen (secondary N) is 2. The average molecular weight is 437 g/mol. The van der Waals surface area contributed by atoms with Crippen molar-refractivity contribution in [3.63, 3.8) is 0 Å². The van der Waals surface area contributed by atoms with Crippen LogP contribution in [-0.2, 0) is 27.9 Å². The van der Waals surface area contributed by atoms with E-state index in [1.165, 1.54) is 0 Å². The van der Waals surface area contributed by atoms with Crippen LogP contribution in [0.5, 0.6) is 0 Å². The van der Waals surface area contributed by atoms with Gasteiger partial charge in [0.25, 0.3) is 5.91 Å². The van der Waals surface area contributed by atoms with E-state index in [-0.39, 0.29) is 18.3 Å². The molecule has 1 atom stereocenters. The Morgan fingerprint density at radius 3 is 2.53 bits per heavy atom. The lowest BCUT2D eigenvalue weighted by atomic mass is 9.94. The fourth-order valence-electron chi connectivity index (χ4n) is 3.26. The van der Waals surface area contributed by atoms with E-state index in [1.807, 2.05) is 24.3 Å². The number of hydrogen-bond acceptors (Lipinski definition) is 5. The summed E-state index contributed by atoms with van der Waals surface area (Å²) >= 11 is 0. The van der Waals surface area contributed by atoms with Gasteiger partial charge in [-0.05, 0) is 44.4 Å². The molecule has 2 amide bonds. The van der Waals surface area contributed by atoms with Gasteiger partial charge in [-0.2, -0.15) is 8.42 Å². The van der Waals surface area contributed by atoms with Crippen LogP contribution in [0, 0.1) is 0 Å². The molecule has 8 nitrogen and oxygen atoms in total. The van der Waals surface area contributed by atoms with Gasteiger partial charge in [0.1, 0.15) is 16.2 Å². The Kier molecular flexibility index (Phi) is 5.89. The molecule has 1 unspecified atom stereocenters. The highest BCUT2D eigenvalue weighted by molar-refractivity contribution is 7.86. The van der Waals surface area contributed by atoms with E-state index >= 15 is 0 Å². The van der Waals surface area contributed by atoms with Crippen LogP contribution in [0.1, 0.15) is 42.4 Å². The van der Waals surface area contributed by atoms with E-state index in [1.54, 1.807) is 25.7 Å². The van der Waals surface area contributed by atoms with Crippen LogP contribution in [0.3, 0.4) is 0 Å². The molecule has 1 aromatic carbocycles. The molecular weight excluding hydrogens is 413 g/mol. The van der Waals surface area contributed by atoms with Gasteiger partial charge in [0.05, 0.1) is 6.04 Å². The van der Waals surface area contributed by atoms with Gasteiger partial charge in [-0.3, -0.25) is 9.69 Å². The summed E-state index contributed by atoms with van der Waals surface area (Å²) < 4.78 is 40.5. The molecule has 2 N–H and O–H groups in total. The number of rotatable bonds is 4. The topological polar surface area (TPSA) is 109 Å². The number of carbonyl (C=O) groups is 2. The zero-order valence-corrected chi connectivity index (χ0v) is 17.8. The minimum absolute atomic E-state index is 0.0914. The van der Waals surface area contributed by atoms with Crippen molar-refractivity contribution in [2.75, 3.05) is 6.54 Å². The Hall–Kier alpha value is -2.88. The summed E-state index contributed by atoms with van der Waals surface area (Å²) in [4.78, 5) is 28.5. The molecule has 1 aliphatic rings. The molecule has 2 aromatic rings. The van der Waals surface area contributed by atoms with Crippen molar-refractivity contribution >= 4 is 22.2 Å². The molecule has 0 aliphatic carbocycles. The van der Waals surface area contributed by atoms with Crippen LogP contribution in [0.25, 0.3) is 0 Å². The molecule has 0 bridgehead atoms. The fraction of sp³-hybridized carbons (Fsp3) is 0.400. The second-order valence-electron chi connectivity index (χ2n) is 8.13. The molecule has 0 saturated heterocycles. The number of H-pyrrole nitrogens is 1. The molecule has 3 rings (SSSR count). The van der Waals surface area contributed by atoms with Crippen molar-refractivity contribution in [2.24, 2.45) is 0 Å². The lowest BCUT2D eigenvalue weighted by molar-refractivity contribution is 0.0118. The summed E-state index contributed by atoms with van der Waals surface area (Å²) in [5, 5.41) is 2.68. The quantitative estimate of drug-likeness (QED) is 0.715. The Balaban J connectivity index is 1.75. The third-order valence-corrected chi connectivity index (χ3v) is 5.46. The van der Waals surface area contributed by atoms with Gasteiger partial charge in [0, 0.05) is 19.3 Å². The van der Waals surface area contributed by atoms with E-state index in [9.17, 15) is 21.9 Å². The number of ether oxygens (including phenoxy) is 1. The third kappa shape index (κ3) is 5.18. The van der Waals surface area contributed by atoms with Crippen molar-refractivity contribution < 1.29 is 26.6 Å². The predicted molar refractivity (Wildman–Crippen MR) is 107 cm³/mol. The number of aromatic amines is 1. The van der Waals surface area contributed by atoms with Crippen molar-refractivity contribution in [1.82, 2.24) is 15.2 Å². The molecule has 0 fully saturated rings. The van der Waals surface area contributed by atoms with Gasteiger partial charge < -0.3 is 15.0 Å². The minimum Gasteiger partial charge on any atom is -0.444 e. The highest BCUT2D eigenvalue weighted by Crippen LogP contribution is 2.25. The molecule has 30 heavy (non-hydrogen) atoms. The highest BCUT2D eigenvalue weighted by Gasteiger charge is 2.33. The first-order valence-electron chi connectivity index (χ1n) is 9.42. The number of aromatic nitrogens is 1. The van der Waals surface area contributed by atoms with Crippen LogP contribution in [0.15, 0.2) is 41.4 Å². The van der Waals surface area contributed by atoms with Crippen molar-refractivity contribution in [3.05, 3.63) is 53.3 Å². The predicted octanol–water partition coefficient (Wildman–Crippen LogP) is 2.76. The van der Waals surface area contributed by atoms with Crippen molar-refractivity contribution in [1.29, 1.82) is 0 Å². The smallest absolute Gasteiger partial charge is 0.410 e. The molecule has 0 spiro atoms. The van der Waals surface area contributed by atoms with Crippen molar-refractivity contribution in [3.8, 4) is 0 Å².